The summed E-state index contributed by atoms with van der Waals surface area (Å²) in [5, 5.41) is 3.49. The van der Waals surface area contributed by atoms with Gasteiger partial charge in [0.05, 0.1) is 12.4 Å². The predicted octanol–water partition coefficient (Wildman–Crippen LogP) is 3.66. The van der Waals surface area contributed by atoms with Gasteiger partial charge in [-0.25, -0.2) is 9.37 Å². The van der Waals surface area contributed by atoms with Crippen molar-refractivity contribution in [3.63, 3.8) is 0 Å². The zero-order valence-electron chi connectivity index (χ0n) is 16.0. The van der Waals surface area contributed by atoms with Crippen LogP contribution in [0.15, 0.2) is 52.9 Å². The van der Waals surface area contributed by atoms with Crippen LogP contribution >= 0.6 is 11.8 Å². The van der Waals surface area contributed by atoms with Gasteiger partial charge in [-0.3, -0.25) is 4.99 Å². The smallest absolute Gasteiger partial charge is 0.193 e. The Bertz CT molecular complexity index is 716. The van der Waals surface area contributed by atoms with Crippen LogP contribution in [0.3, 0.4) is 0 Å². The van der Waals surface area contributed by atoms with E-state index in [0.29, 0.717) is 12.0 Å². The minimum atomic E-state index is -0.185. The Morgan fingerprint density at radius 1 is 1.37 bits per heavy atom. The summed E-state index contributed by atoms with van der Waals surface area (Å²) < 4.78 is 15.1. The molecule has 1 saturated heterocycles. The fourth-order valence-corrected chi connectivity index (χ4v) is 4.27. The summed E-state index contributed by atoms with van der Waals surface area (Å²) in [6.07, 6.45) is 7.97. The van der Waals surface area contributed by atoms with E-state index < -0.39 is 0 Å². The molecular weight excluding hydrogens is 361 g/mol. The molecule has 27 heavy (non-hydrogen) atoms. The second-order valence-corrected chi connectivity index (χ2v) is 8.09. The van der Waals surface area contributed by atoms with Gasteiger partial charge in [-0.15, -0.1) is 11.8 Å². The van der Waals surface area contributed by atoms with Crippen molar-refractivity contribution in [1.29, 1.82) is 0 Å². The van der Waals surface area contributed by atoms with Crippen LogP contribution in [-0.4, -0.2) is 52.8 Å². The van der Waals surface area contributed by atoms with E-state index in [0.717, 1.165) is 49.1 Å². The molecule has 2 aromatic rings. The Labute approximate surface area is 165 Å². The second-order valence-electron chi connectivity index (χ2n) is 6.92. The maximum atomic E-state index is 12.9. The largest absolute Gasteiger partial charge is 0.356 e. The van der Waals surface area contributed by atoms with Gasteiger partial charge in [0.15, 0.2) is 5.96 Å². The molecule has 0 saturated carbocycles. The van der Waals surface area contributed by atoms with Crippen molar-refractivity contribution in [2.45, 2.75) is 30.7 Å². The first kappa shape index (κ1) is 19.7. The number of likely N-dealkylation sites (tertiary alicyclic amines) is 1. The normalized spacial score (nSPS) is 20.7. The molecule has 2 heterocycles. The van der Waals surface area contributed by atoms with E-state index in [1.165, 1.54) is 12.1 Å². The minimum absolute atomic E-state index is 0.185. The van der Waals surface area contributed by atoms with E-state index in [9.17, 15) is 4.39 Å². The third-order valence-electron chi connectivity index (χ3n) is 5.02. The number of aromatic nitrogens is 2. The van der Waals surface area contributed by atoms with Crippen molar-refractivity contribution < 1.29 is 4.39 Å². The maximum absolute atomic E-state index is 12.9. The summed E-state index contributed by atoms with van der Waals surface area (Å²) in [4.78, 5) is 12.1. The third kappa shape index (κ3) is 5.48. The molecule has 1 aliphatic rings. The van der Waals surface area contributed by atoms with Gasteiger partial charge in [0.1, 0.15) is 5.82 Å². The van der Waals surface area contributed by atoms with E-state index in [2.05, 4.69) is 31.7 Å². The van der Waals surface area contributed by atoms with Gasteiger partial charge in [0, 0.05) is 44.0 Å². The number of halogens is 1. The molecule has 3 rings (SSSR count). The fraction of sp³-hybridized carbons (Fsp3) is 0.500. The molecule has 2 unspecified atom stereocenters. The molecule has 1 N–H and O–H groups in total. The van der Waals surface area contributed by atoms with Crippen molar-refractivity contribution in [3.05, 3.63) is 48.8 Å². The topological polar surface area (TPSA) is 45.5 Å². The van der Waals surface area contributed by atoms with E-state index in [-0.39, 0.29) is 5.82 Å². The zero-order chi connectivity index (χ0) is 19.1. The zero-order valence-corrected chi connectivity index (χ0v) is 16.8. The number of rotatable bonds is 6. The molecule has 0 bridgehead atoms. The average Bonchev–Trinajstić information content (AvgIpc) is 3.21. The number of guanidine groups is 1. The molecule has 1 aromatic heterocycles. The highest BCUT2D eigenvalue weighted by molar-refractivity contribution is 7.99. The SMILES string of the molecule is CN=C(NCCCSc1ccc(F)cc1)N1CCC(C)C(n2ccnc2)C1. The molecule has 7 heteroatoms. The number of hydrogen-bond acceptors (Lipinski definition) is 3. The van der Waals surface area contributed by atoms with E-state index in [1.54, 1.807) is 11.8 Å². The maximum Gasteiger partial charge on any atom is 0.193 e. The van der Waals surface area contributed by atoms with E-state index >= 15 is 0 Å². The molecule has 5 nitrogen and oxygen atoms in total. The van der Waals surface area contributed by atoms with Gasteiger partial charge in [0.25, 0.3) is 0 Å². The van der Waals surface area contributed by atoms with Crippen molar-refractivity contribution in [2.24, 2.45) is 10.9 Å². The Hall–Kier alpha value is -2.02. The third-order valence-corrected chi connectivity index (χ3v) is 6.12. The Balaban J connectivity index is 1.44. The molecule has 0 radical (unpaired) electrons. The quantitative estimate of drug-likeness (QED) is 0.354. The van der Waals surface area contributed by atoms with Crippen LogP contribution in [0.4, 0.5) is 4.39 Å². The first-order chi connectivity index (χ1) is 13.2. The minimum Gasteiger partial charge on any atom is -0.356 e. The van der Waals surface area contributed by atoms with Crippen LogP contribution in [0.2, 0.25) is 0 Å². The molecule has 146 valence electrons. The first-order valence-electron chi connectivity index (χ1n) is 9.49. The number of nitrogens with one attached hydrogen (secondary N) is 1. The van der Waals surface area contributed by atoms with Gasteiger partial charge in [-0.2, -0.15) is 0 Å². The lowest BCUT2D eigenvalue weighted by atomic mass is 9.93. The number of nitrogens with zero attached hydrogens (tertiary/aromatic N) is 4. The highest BCUT2D eigenvalue weighted by Crippen LogP contribution is 2.27. The monoisotopic (exact) mass is 389 g/mol. The molecule has 0 aliphatic carbocycles. The van der Waals surface area contributed by atoms with Crippen LogP contribution in [0.25, 0.3) is 0 Å². The predicted molar refractivity (Wildman–Crippen MR) is 110 cm³/mol. The fourth-order valence-electron chi connectivity index (χ4n) is 3.42. The summed E-state index contributed by atoms with van der Waals surface area (Å²) in [6.45, 7) is 5.16. The van der Waals surface area contributed by atoms with Crippen molar-refractivity contribution in [1.82, 2.24) is 19.8 Å². The summed E-state index contributed by atoms with van der Waals surface area (Å²) in [5.41, 5.74) is 0. The molecule has 0 spiro atoms. The van der Waals surface area contributed by atoms with E-state index in [4.69, 9.17) is 0 Å². The highest BCUT2D eigenvalue weighted by atomic mass is 32.2. The van der Waals surface area contributed by atoms with Crippen LogP contribution in [-0.2, 0) is 0 Å². The van der Waals surface area contributed by atoms with Crippen molar-refractivity contribution in [2.75, 3.05) is 32.4 Å². The van der Waals surface area contributed by atoms with Crippen LogP contribution in [0.1, 0.15) is 25.8 Å². The summed E-state index contributed by atoms with van der Waals surface area (Å²) >= 11 is 1.75. The van der Waals surface area contributed by atoms with Crippen LogP contribution in [0, 0.1) is 11.7 Å². The number of aliphatic imine (C=N–C) groups is 1. The second kappa shape index (κ2) is 9.78. The number of benzene rings is 1. The Kier molecular flexibility index (Phi) is 7.15. The van der Waals surface area contributed by atoms with Crippen molar-refractivity contribution >= 4 is 17.7 Å². The number of hydrogen-bond donors (Lipinski definition) is 1. The van der Waals surface area contributed by atoms with Crippen LogP contribution < -0.4 is 5.32 Å². The molecule has 1 fully saturated rings. The van der Waals surface area contributed by atoms with Gasteiger partial charge in [-0.1, -0.05) is 6.92 Å². The molecule has 1 aliphatic heterocycles. The van der Waals surface area contributed by atoms with Gasteiger partial charge < -0.3 is 14.8 Å². The average molecular weight is 390 g/mol. The summed E-state index contributed by atoms with van der Waals surface area (Å²) in [6, 6.07) is 7.11. The number of piperidine rings is 1. The number of thioether (sulfide) groups is 1. The lowest BCUT2D eigenvalue weighted by Gasteiger charge is -2.39. The van der Waals surface area contributed by atoms with E-state index in [1.807, 2.05) is 37.9 Å². The van der Waals surface area contributed by atoms with Crippen molar-refractivity contribution in [3.8, 4) is 0 Å². The molecular formula is C20H28FN5S. The van der Waals surface area contributed by atoms with Crippen LogP contribution in [0.5, 0.6) is 0 Å². The van der Waals surface area contributed by atoms with Gasteiger partial charge in [0.2, 0.25) is 0 Å². The van der Waals surface area contributed by atoms with Gasteiger partial charge in [-0.05, 0) is 48.8 Å². The lowest BCUT2D eigenvalue weighted by Crippen LogP contribution is -2.49. The standard InChI is InChI=1S/C20H28FN5S/c1-16-8-11-25(14-19(16)26-12-10-23-15-26)20(22-2)24-9-3-13-27-18-6-4-17(21)5-7-18/h4-7,10,12,15-16,19H,3,8-9,11,13-14H2,1-2H3,(H,22,24). The summed E-state index contributed by atoms with van der Waals surface area (Å²) in [7, 11) is 1.85. The van der Waals surface area contributed by atoms with Gasteiger partial charge >= 0.3 is 0 Å². The Morgan fingerprint density at radius 3 is 2.89 bits per heavy atom. The first-order valence-corrected chi connectivity index (χ1v) is 10.5. The molecule has 0 amide bonds. The highest BCUT2D eigenvalue weighted by Gasteiger charge is 2.28. The molecule has 2 atom stereocenters. The Morgan fingerprint density at radius 2 is 2.19 bits per heavy atom. The summed E-state index contributed by atoms with van der Waals surface area (Å²) in [5.74, 6) is 2.40. The number of imidazole rings is 1. The lowest BCUT2D eigenvalue weighted by molar-refractivity contribution is 0.189. The molecule has 1 aromatic carbocycles.